The maximum atomic E-state index is 5.78. The smallest absolute Gasteiger partial charge is 0.0719 e. The van der Waals surface area contributed by atoms with Gasteiger partial charge in [-0.3, -0.25) is 4.98 Å². The molecule has 106 valence electrons. The second-order valence-electron chi connectivity index (χ2n) is 4.75. The normalized spacial score (nSPS) is 10.7. The third-order valence-electron chi connectivity index (χ3n) is 3.25. The van der Waals surface area contributed by atoms with Crippen LogP contribution < -0.4 is 5.32 Å². The zero-order chi connectivity index (χ0) is 14.0. The highest BCUT2D eigenvalue weighted by atomic mass is 16.5. The first kappa shape index (κ1) is 14.7. The predicted molar refractivity (Wildman–Crippen MR) is 81.7 cm³/mol. The fraction of sp³-hybridized carbons (Fsp3) is 0.353. The summed E-state index contributed by atoms with van der Waals surface area (Å²) in [5, 5.41) is 3.18. The van der Waals surface area contributed by atoms with Crippen molar-refractivity contribution in [3.8, 4) is 0 Å². The van der Waals surface area contributed by atoms with E-state index in [-0.39, 0.29) is 0 Å². The molecule has 1 N–H and O–H groups in total. The van der Waals surface area contributed by atoms with E-state index in [1.165, 1.54) is 11.1 Å². The van der Waals surface area contributed by atoms with Crippen LogP contribution >= 0.6 is 0 Å². The van der Waals surface area contributed by atoms with Crippen LogP contribution in [0.15, 0.2) is 48.7 Å². The van der Waals surface area contributed by atoms with Crippen molar-refractivity contribution >= 4 is 0 Å². The summed E-state index contributed by atoms with van der Waals surface area (Å²) in [4.78, 5) is 4.29. The van der Waals surface area contributed by atoms with Crippen molar-refractivity contribution in [1.29, 1.82) is 0 Å². The van der Waals surface area contributed by atoms with Crippen LogP contribution in [0.3, 0.4) is 0 Å². The molecule has 2 rings (SSSR count). The largest absolute Gasteiger partial charge is 0.376 e. The van der Waals surface area contributed by atoms with Gasteiger partial charge in [-0.2, -0.15) is 0 Å². The minimum absolute atomic E-state index is 0.673. The van der Waals surface area contributed by atoms with E-state index in [1.807, 2.05) is 31.4 Å². The second-order valence-corrected chi connectivity index (χ2v) is 4.75. The molecule has 0 atom stereocenters. The molecule has 1 aromatic carbocycles. The summed E-state index contributed by atoms with van der Waals surface area (Å²) in [6.07, 6.45) is 3.72. The van der Waals surface area contributed by atoms with Gasteiger partial charge in [0.05, 0.1) is 13.2 Å². The van der Waals surface area contributed by atoms with E-state index in [0.29, 0.717) is 13.2 Å². The highest BCUT2D eigenvalue weighted by molar-refractivity contribution is 5.26. The van der Waals surface area contributed by atoms with Crippen LogP contribution in [0.25, 0.3) is 0 Å². The van der Waals surface area contributed by atoms with Crippen molar-refractivity contribution < 1.29 is 4.74 Å². The first-order valence-corrected chi connectivity index (χ1v) is 7.09. The molecule has 1 aromatic heterocycles. The molecular weight excluding hydrogens is 248 g/mol. The van der Waals surface area contributed by atoms with Crippen LogP contribution in [0.4, 0.5) is 0 Å². The molecular formula is C17H22N2O. The van der Waals surface area contributed by atoms with Gasteiger partial charge in [0.15, 0.2) is 0 Å². The summed E-state index contributed by atoms with van der Waals surface area (Å²) < 4.78 is 5.78. The number of nitrogens with zero attached hydrogens (tertiary/aromatic N) is 1. The zero-order valence-corrected chi connectivity index (χ0v) is 12.0. The van der Waals surface area contributed by atoms with Crippen molar-refractivity contribution in [1.82, 2.24) is 10.3 Å². The first-order valence-electron chi connectivity index (χ1n) is 7.09. The average molecular weight is 270 g/mol. The molecule has 0 fully saturated rings. The average Bonchev–Trinajstić information content (AvgIpc) is 2.51. The van der Waals surface area contributed by atoms with Gasteiger partial charge < -0.3 is 10.1 Å². The Bertz CT molecular complexity index is 499. The van der Waals surface area contributed by atoms with Crippen molar-refractivity contribution in [3.63, 3.8) is 0 Å². The summed E-state index contributed by atoms with van der Waals surface area (Å²) in [6.45, 7) is 2.37. The van der Waals surface area contributed by atoms with Crippen LogP contribution in [0.5, 0.6) is 0 Å². The summed E-state index contributed by atoms with van der Waals surface area (Å²) in [6, 6.07) is 14.4. The van der Waals surface area contributed by atoms with E-state index in [4.69, 9.17) is 4.74 Å². The molecule has 3 nitrogen and oxygen atoms in total. The molecule has 0 bridgehead atoms. The van der Waals surface area contributed by atoms with Crippen LogP contribution in [0.2, 0.25) is 0 Å². The molecule has 0 aliphatic carbocycles. The number of benzene rings is 1. The lowest BCUT2D eigenvalue weighted by molar-refractivity contribution is 0.122. The second kappa shape index (κ2) is 8.46. The third-order valence-corrected chi connectivity index (χ3v) is 3.25. The van der Waals surface area contributed by atoms with Crippen molar-refractivity contribution in [3.05, 3.63) is 65.5 Å². The molecule has 0 amide bonds. The quantitative estimate of drug-likeness (QED) is 0.749. The summed E-state index contributed by atoms with van der Waals surface area (Å²) in [7, 11) is 1.98. The number of hydrogen-bond donors (Lipinski definition) is 1. The minimum Gasteiger partial charge on any atom is -0.376 e. The van der Waals surface area contributed by atoms with Crippen molar-refractivity contribution in [2.45, 2.75) is 19.4 Å². The number of nitrogens with one attached hydrogen (secondary N) is 1. The molecule has 0 aliphatic rings. The van der Waals surface area contributed by atoms with Gasteiger partial charge in [0.2, 0.25) is 0 Å². The molecule has 0 unspecified atom stereocenters. The number of pyridine rings is 1. The van der Waals surface area contributed by atoms with Crippen LogP contribution in [0.1, 0.15) is 16.8 Å². The van der Waals surface area contributed by atoms with E-state index < -0.39 is 0 Å². The van der Waals surface area contributed by atoms with Crippen LogP contribution in [-0.4, -0.2) is 25.2 Å². The molecule has 3 heteroatoms. The van der Waals surface area contributed by atoms with Gasteiger partial charge in [0.1, 0.15) is 0 Å². The molecule has 0 spiro atoms. The molecule has 20 heavy (non-hydrogen) atoms. The highest BCUT2D eigenvalue weighted by Crippen LogP contribution is 2.11. The summed E-state index contributed by atoms with van der Waals surface area (Å²) in [5.41, 5.74) is 3.72. The predicted octanol–water partition coefficient (Wildman–Crippen LogP) is 2.60. The Hall–Kier alpha value is -1.71. The number of ether oxygens (including phenoxy) is 1. The van der Waals surface area contributed by atoms with Crippen molar-refractivity contribution in [2.24, 2.45) is 0 Å². The standard InChI is InChI=1S/C17H22N2O/c1-18-12-9-15-6-2-3-7-16(15)14-20-13-10-17-8-4-5-11-19-17/h2-8,11,18H,9-10,12-14H2,1H3. The lowest BCUT2D eigenvalue weighted by Crippen LogP contribution is -2.12. The first-order chi connectivity index (χ1) is 9.90. The fourth-order valence-electron chi connectivity index (χ4n) is 2.11. The van der Waals surface area contributed by atoms with Crippen molar-refractivity contribution in [2.75, 3.05) is 20.2 Å². The van der Waals surface area contributed by atoms with Gasteiger partial charge in [-0.05, 0) is 43.3 Å². The Labute approximate surface area is 121 Å². The lowest BCUT2D eigenvalue weighted by Gasteiger charge is -2.10. The summed E-state index contributed by atoms with van der Waals surface area (Å²) >= 11 is 0. The Kier molecular flexibility index (Phi) is 6.21. The van der Waals surface area contributed by atoms with E-state index in [2.05, 4.69) is 34.6 Å². The lowest BCUT2D eigenvalue weighted by atomic mass is 10.1. The molecule has 0 saturated carbocycles. The Morgan fingerprint density at radius 3 is 2.55 bits per heavy atom. The van der Waals surface area contributed by atoms with Crippen LogP contribution in [-0.2, 0) is 24.2 Å². The van der Waals surface area contributed by atoms with Gasteiger partial charge in [-0.25, -0.2) is 0 Å². The zero-order valence-electron chi connectivity index (χ0n) is 12.0. The Morgan fingerprint density at radius 1 is 1.00 bits per heavy atom. The third kappa shape index (κ3) is 4.76. The van der Waals surface area contributed by atoms with E-state index in [0.717, 1.165) is 25.1 Å². The highest BCUT2D eigenvalue weighted by Gasteiger charge is 2.02. The van der Waals surface area contributed by atoms with Gasteiger partial charge >= 0.3 is 0 Å². The maximum Gasteiger partial charge on any atom is 0.0719 e. The van der Waals surface area contributed by atoms with Gasteiger partial charge in [0.25, 0.3) is 0 Å². The molecule has 2 aromatic rings. The SMILES string of the molecule is CNCCc1ccccc1COCCc1ccccn1. The number of hydrogen-bond acceptors (Lipinski definition) is 3. The van der Waals surface area contributed by atoms with Crippen LogP contribution in [0, 0.1) is 0 Å². The van der Waals surface area contributed by atoms with Gasteiger partial charge in [0, 0.05) is 18.3 Å². The monoisotopic (exact) mass is 270 g/mol. The van der Waals surface area contributed by atoms with E-state index in [1.54, 1.807) is 0 Å². The topological polar surface area (TPSA) is 34.1 Å². The number of likely N-dealkylation sites (N-methyl/N-ethyl adjacent to an activating group) is 1. The summed E-state index contributed by atoms with van der Waals surface area (Å²) in [5.74, 6) is 0. The van der Waals surface area contributed by atoms with E-state index in [9.17, 15) is 0 Å². The molecule has 1 heterocycles. The molecule has 0 aliphatic heterocycles. The van der Waals surface area contributed by atoms with Gasteiger partial charge in [-0.15, -0.1) is 0 Å². The van der Waals surface area contributed by atoms with Gasteiger partial charge in [-0.1, -0.05) is 30.3 Å². The molecule has 0 radical (unpaired) electrons. The number of rotatable bonds is 8. The number of aromatic nitrogens is 1. The minimum atomic E-state index is 0.673. The molecule has 0 saturated heterocycles. The fourth-order valence-corrected chi connectivity index (χ4v) is 2.11. The Balaban J connectivity index is 1.79. The maximum absolute atomic E-state index is 5.78. The Morgan fingerprint density at radius 2 is 1.80 bits per heavy atom. The van der Waals surface area contributed by atoms with E-state index >= 15 is 0 Å².